The molecule has 0 aliphatic carbocycles. The van der Waals surface area contributed by atoms with Crippen molar-refractivity contribution in [1.29, 1.82) is 0 Å². The van der Waals surface area contributed by atoms with Gasteiger partial charge in [-0.1, -0.05) is 0 Å². The van der Waals surface area contributed by atoms with E-state index in [-0.39, 0.29) is 5.75 Å². The van der Waals surface area contributed by atoms with Crippen molar-refractivity contribution in [1.82, 2.24) is 5.32 Å². The molecule has 0 aromatic rings. The van der Waals surface area contributed by atoms with Gasteiger partial charge in [0.2, 0.25) is 0 Å². The SMILES string of the molecule is CCOCCOCCNCCCS(=O)(=O)O. The van der Waals surface area contributed by atoms with Gasteiger partial charge in [-0.05, 0) is 19.9 Å². The average Bonchev–Trinajstić information content (AvgIpc) is 2.19. The fraction of sp³-hybridized carbons (Fsp3) is 1.00. The van der Waals surface area contributed by atoms with Crippen molar-refractivity contribution in [3.8, 4) is 0 Å². The maximum atomic E-state index is 10.4. The summed E-state index contributed by atoms with van der Waals surface area (Å²) in [5, 5.41) is 3.01. The topological polar surface area (TPSA) is 84.9 Å². The fourth-order valence-corrected chi connectivity index (χ4v) is 1.52. The lowest BCUT2D eigenvalue weighted by molar-refractivity contribution is 0.0540. The molecule has 0 aromatic carbocycles. The second-order valence-electron chi connectivity index (χ2n) is 3.20. The summed E-state index contributed by atoms with van der Waals surface area (Å²) in [7, 11) is -3.82. The maximum Gasteiger partial charge on any atom is 0.264 e. The van der Waals surface area contributed by atoms with Gasteiger partial charge >= 0.3 is 0 Å². The smallest absolute Gasteiger partial charge is 0.264 e. The molecule has 0 aliphatic rings. The van der Waals surface area contributed by atoms with Crippen LogP contribution in [-0.4, -0.2) is 58.2 Å². The van der Waals surface area contributed by atoms with Crippen molar-refractivity contribution in [3.05, 3.63) is 0 Å². The van der Waals surface area contributed by atoms with Crippen LogP contribution in [-0.2, 0) is 19.6 Å². The standard InChI is InChI=1S/C9H21NO5S/c1-2-14-7-8-15-6-5-10-4-3-9-16(11,12)13/h10H,2-9H2,1H3,(H,11,12,13). The van der Waals surface area contributed by atoms with Crippen LogP contribution in [0, 0.1) is 0 Å². The minimum Gasteiger partial charge on any atom is -0.379 e. The Morgan fingerprint density at radius 2 is 1.81 bits per heavy atom. The molecule has 2 N–H and O–H groups in total. The molecule has 0 fully saturated rings. The molecule has 98 valence electrons. The van der Waals surface area contributed by atoms with E-state index < -0.39 is 10.1 Å². The molecular formula is C9H21NO5S. The quantitative estimate of drug-likeness (QED) is 0.396. The van der Waals surface area contributed by atoms with Crippen molar-refractivity contribution >= 4 is 10.1 Å². The van der Waals surface area contributed by atoms with E-state index in [1.165, 1.54) is 0 Å². The third kappa shape index (κ3) is 13.8. The molecule has 16 heavy (non-hydrogen) atoms. The normalized spacial score (nSPS) is 11.9. The molecule has 0 aromatic heterocycles. The summed E-state index contributed by atoms with van der Waals surface area (Å²) in [6.07, 6.45) is 0.401. The Morgan fingerprint density at radius 1 is 1.12 bits per heavy atom. The number of nitrogens with one attached hydrogen (secondary N) is 1. The Labute approximate surface area is 97.1 Å². The molecule has 0 amide bonds. The first kappa shape index (κ1) is 15.8. The summed E-state index contributed by atoms with van der Waals surface area (Å²) in [5.74, 6) is -0.203. The summed E-state index contributed by atoms with van der Waals surface area (Å²) in [6.45, 7) is 5.57. The molecule has 0 rings (SSSR count). The Bertz CT molecular complexity index is 242. The van der Waals surface area contributed by atoms with Crippen LogP contribution in [0.1, 0.15) is 13.3 Å². The molecule has 0 saturated heterocycles. The minimum absolute atomic E-state index is 0.203. The molecule has 0 atom stereocenters. The lowest BCUT2D eigenvalue weighted by Gasteiger charge is -2.05. The van der Waals surface area contributed by atoms with Crippen LogP contribution >= 0.6 is 0 Å². The van der Waals surface area contributed by atoms with Crippen molar-refractivity contribution in [2.24, 2.45) is 0 Å². The molecule has 0 bridgehead atoms. The predicted molar refractivity (Wildman–Crippen MR) is 61.2 cm³/mol. The first-order valence-electron chi connectivity index (χ1n) is 5.37. The monoisotopic (exact) mass is 255 g/mol. The van der Waals surface area contributed by atoms with Gasteiger partial charge in [-0.15, -0.1) is 0 Å². The minimum atomic E-state index is -3.82. The van der Waals surface area contributed by atoms with E-state index in [4.69, 9.17) is 14.0 Å². The predicted octanol–water partition coefficient (Wildman–Crippen LogP) is -0.0930. The highest BCUT2D eigenvalue weighted by Gasteiger charge is 2.02. The summed E-state index contributed by atoms with van der Waals surface area (Å²) in [5.41, 5.74) is 0. The van der Waals surface area contributed by atoms with Gasteiger partial charge in [0, 0.05) is 13.2 Å². The van der Waals surface area contributed by atoms with Gasteiger partial charge in [-0.2, -0.15) is 8.42 Å². The molecule has 0 aliphatic heterocycles. The molecule has 0 unspecified atom stereocenters. The molecule has 0 saturated carbocycles. The van der Waals surface area contributed by atoms with E-state index in [1.54, 1.807) is 0 Å². The van der Waals surface area contributed by atoms with Gasteiger partial charge in [0.05, 0.1) is 25.6 Å². The van der Waals surface area contributed by atoms with Gasteiger partial charge in [-0.25, -0.2) is 0 Å². The highest BCUT2D eigenvalue weighted by atomic mass is 32.2. The van der Waals surface area contributed by atoms with Crippen LogP contribution in [0.5, 0.6) is 0 Å². The maximum absolute atomic E-state index is 10.4. The summed E-state index contributed by atoms with van der Waals surface area (Å²) in [6, 6.07) is 0. The van der Waals surface area contributed by atoms with Crippen molar-refractivity contribution in [3.63, 3.8) is 0 Å². The third-order valence-electron chi connectivity index (χ3n) is 1.76. The molecule has 7 heteroatoms. The van der Waals surface area contributed by atoms with Crippen LogP contribution < -0.4 is 5.32 Å². The van der Waals surface area contributed by atoms with Gasteiger partial charge in [0.1, 0.15) is 0 Å². The van der Waals surface area contributed by atoms with Gasteiger partial charge < -0.3 is 14.8 Å². The second kappa shape index (κ2) is 9.98. The van der Waals surface area contributed by atoms with Crippen molar-refractivity contribution in [2.45, 2.75) is 13.3 Å². The van der Waals surface area contributed by atoms with Gasteiger partial charge in [0.15, 0.2) is 0 Å². The lowest BCUT2D eigenvalue weighted by atomic mass is 10.5. The van der Waals surface area contributed by atoms with Crippen LogP contribution in [0.15, 0.2) is 0 Å². The number of rotatable bonds is 11. The van der Waals surface area contributed by atoms with Gasteiger partial charge in [-0.3, -0.25) is 4.55 Å². The second-order valence-corrected chi connectivity index (χ2v) is 4.77. The Morgan fingerprint density at radius 3 is 2.44 bits per heavy atom. The molecular weight excluding hydrogens is 234 g/mol. The van der Waals surface area contributed by atoms with Crippen LogP contribution in [0.3, 0.4) is 0 Å². The number of hydrogen-bond acceptors (Lipinski definition) is 5. The van der Waals surface area contributed by atoms with E-state index >= 15 is 0 Å². The zero-order valence-electron chi connectivity index (χ0n) is 9.65. The first-order chi connectivity index (χ1) is 7.56. The molecule has 0 spiro atoms. The average molecular weight is 255 g/mol. The van der Waals surface area contributed by atoms with E-state index in [0.29, 0.717) is 45.9 Å². The largest absolute Gasteiger partial charge is 0.379 e. The van der Waals surface area contributed by atoms with E-state index in [1.807, 2.05) is 6.92 Å². The van der Waals surface area contributed by atoms with E-state index in [2.05, 4.69) is 5.32 Å². The Hall–Kier alpha value is -0.210. The molecule has 6 nitrogen and oxygen atoms in total. The van der Waals surface area contributed by atoms with E-state index in [9.17, 15) is 8.42 Å². The van der Waals surface area contributed by atoms with Crippen molar-refractivity contribution < 1.29 is 22.4 Å². The zero-order valence-corrected chi connectivity index (χ0v) is 10.5. The lowest BCUT2D eigenvalue weighted by Crippen LogP contribution is -2.23. The summed E-state index contributed by atoms with van der Waals surface area (Å²) < 4.78 is 39.5. The zero-order chi connectivity index (χ0) is 12.3. The highest BCUT2D eigenvalue weighted by Crippen LogP contribution is 1.86. The number of hydrogen-bond donors (Lipinski definition) is 2. The van der Waals surface area contributed by atoms with Crippen LogP contribution in [0.4, 0.5) is 0 Å². The Kier molecular flexibility index (Phi) is 9.85. The van der Waals surface area contributed by atoms with E-state index in [0.717, 1.165) is 0 Å². The first-order valence-corrected chi connectivity index (χ1v) is 6.98. The molecule has 0 heterocycles. The third-order valence-corrected chi connectivity index (χ3v) is 2.56. The van der Waals surface area contributed by atoms with Gasteiger partial charge in [0.25, 0.3) is 10.1 Å². The highest BCUT2D eigenvalue weighted by molar-refractivity contribution is 7.85. The van der Waals surface area contributed by atoms with Crippen LogP contribution in [0.2, 0.25) is 0 Å². The Balaban J connectivity index is 3.05. The fourth-order valence-electron chi connectivity index (χ4n) is 1.01. The van der Waals surface area contributed by atoms with Crippen LogP contribution in [0.25, 0.3) is 0 Å². The van der Waals surface area contributed by atoms with Crippen molar-refractivity contribution in [2.75, 3.05) is 45.3 Å². The summed E-state index contributed by atoms with van der Waals surface area (Å²) >= 11 is 0. The molecule has 0 radical (unpaired) electrons. The number of ether oxygens (including phenoxy) is 2. The summed E-state index contributed by atoms with van der Waals surface area (Å²) in [4.78, 5) is 0.